The maximum absolute atomic E-state index is 10.6. The van der Waals surface area contributed by atoms with E-state index in [-0.39, 0.29) is 0 Å². The Morgan fingerprint density at radius 3 is 2.16 bits per heavy atom. The summed E-state index contributed by atoms with van der Waals surface area (Å²) in [6.45, 7) is 7.08. The molecule has 0 saturated carbocycles. The van der Waals surface area contributed by atoms with Gasteiger partial charge >= 0.3 is 24.3 Å². The summed E-state index contributed by atoms with van der Waals surface area (Å²) >= 11 is 0. The van der Waals surface area contributed by atoms with Crippen LogP contribution < -0.4 is 9.47 Å². The van der Waals surface area contributed by atoms with E-state index in [9.17, 15) is 26.3 Å². The highest BCUT2D eigenvalue weighted by Crippen LogP contribution is 2.33. The van der Waals surface area contributed by atoms with Gasteiger partial charge in [0.2, 0.25) is 6.79 Å². The standard InChI is InChI=1S/C18H26N2O4.2C2HF3O2/c1-21-6-7-22-16-9-15-11-19(4-5-20(15)12-16)10-14-2-3-17-18(8-14)24-13-23-17;2*3-2(4,5)1(6)7/h2-3,8,15-16H,4-7,9-13H2,1H3;2*(H,6,7)/t15-,16+;;/m0../s1. The number of carbonyl (C=O) groups is 2. The SMILES string of the molecule is COCCO[C@@H]1C[C@H]2CN(Cc3ccc4c(c3)OCO4)CCN2C1.O=C(O)C(F)(F)F.O=C(O)C(F)(F)F. The Balaban J connectivity index is 0.000000301. The number of fused-ring (bicyclic) bond motifs is 2. The van der Waals surface area contributed by atoms with E-state index in [2.05, 4.69) is 21.9 Å². The number of halogens is 6. The number of rotatable bonds is 6. The molecule has 0 bridgehead atoms. The second-order valence-electron chi connectivity index (χ2n) is 8.40. The van der Waals surface area contributed by atoms with E-state index in [0.29, 0.717) is 32.2 Å². The van der Waals surface area contributed by atoms with Gasteiger partial charge in [-0.2, -0.15) is 26.3 Å². The molecular formula is C22H28F6N2O8. The summed E-state index contributed by atoms with van der Waals surface area (Å²) < 4.78 is 85.3. The minimum absolute atomic E-state index is 0.337. The fraction of sp³-hybridized carbons (Fsp3) is 0.636. The van der Waals surface area contributed by atoms with E-state index >= 15 is 0 Å². The number of carboxylic acids is 2. The van der Waals surface area contributed by atoms with Gasteiger partial charge in [-0.25, -0.2) is 9.59 Å². The molecule has 10 nitrogen and oxygen atoms in total. The van der Waals surface area contributed by atoms with Gasteiger partial charge in [0.25, 0.3) is 0 Å². The van der Waals surface area contributed by atoms with Crippen LogP contribution in [0.1, 0.15) is 12.0 Å². The number of piperazine rings is 1. The lowest BCUT2D eigenvalue weighted by Gasteiger charge is -2.37. The van der Waals surface area contributed by atoms with Gasteiger partial charge in [0.15, 0.2) is 11.5 Å². The predicted molar refractivity (Wildman–Crippen MR) is 117 cm³/mol. The highest BCUT2D eigenvalue weighted by Gasteiger charge is 2.39. The monoisotopic (exact) mass is 562 g/mol. The van der Waals surface area contributed by atoms with Gasteiger partial charge in [0.1, 0.15) is 0 Å². The quantitative estimate of drug-likeness (QED) is 0.396. The molecule has 1 aromatic carbocycles. The lowest BCUT2D eigenvalue weighted by atomic mass is 10.1. The molecular weight excluding hydrogens is 534 g/mol. The summed E-state index contributed by atoms with van der Waals surface area (Å²) in [7, 11) is 1.72. The zero-order valence-corrected chi connectivity index (χ0v) is 20.3. The lowest BCUT2D eigenvalue weighted by Crippen LogP contribution is -2.49. The summed E-state index contributed by atoms with van der Waals surface area (Å²) in [5.41, 5.74) is 1.29. The molecule has 4 rings (SSSR count). The van der Waals surface area contributed by atoms with Crippen LogP contribution in [0.15, 0.2) is 18.2 Å². The van der Waals surface area contributed by atoms with E-state index < -0.39 is 24.3 Å². The normalized spacial score (nSPS) is 21.0. The molecule has 16 heteroatoms. The van der Waals surface area contributed by atoms with Crippen LogP contribution in [0.5, 0.6) is 11.5 Å². The van der Waals surface area contributed by atoms with Crippen molar-refractivity contribution in [3.05, 3.63) is 23.8 Å². The third kappa shape index (κ3) is 10.2. The number of aliphatic carboxylic acids is 2. The number of hydrogen-bond donors (Lipinski definition) is 2. The Kier molecular flexibility index (Phi) is 11.4. The Hall–Kier alpha value is -2.82. The van der Waals surface area contributed by atoms with Gasteiger partial charge in [-0.05, 0) is 24.1 Å². The predicted octanol–water partition coefficient (Wildman–Crippen LogP) is 2.60. The van der Waals surface area contributed by atoms with Crippen molar-refractivity contribution in [3.8, 4) is 11.5 Å². The molecule has 0 spiro atoms. The number of carboxylic acid groups (broad SMARTS) is 2. The van der Waals surface area contributed by atoms with Crippen LogP contribution in [-0.2, 0) is 25.6 Å². The molecule has 0 unspecified atom stereocenters. The zero-order chi connectivity index (χ0) is 28.5. The van der Waals surface area contributed by atoms with E-state index in [1.807, 2.05) is 6.07 Å². The van der Waals surface area contributed by atoms with Crippen molar-refractivity contribution in [1.82, 2.24) is 9.80 Å². The van der Waals surface area contributed by atoms with E-state index in [0.717, 1.165) is 50.6 Å². The third-order valence-electron chi connectivity index (χ3n) is 5.63. The summed E-state index contributed by atoms with van der Waals surface area (Å²) in [5, 5.41) is 14.2. The van der Waals surface area contributed by atoms with Crippen LogP contribution in [0.2, 0.25) is 0 Å². The second-order valence-corrected chi connectivity index (χ2v) is 8.40. The Labute approximate surface area is 213 Å². The minimum Gasteiger partial charge on any atom is -0.475 e. The summed E-state index contributed by atoms with van der Waals surface area (Å²) in [6.07, 6.45) is -8.68. The Morgan fingerprint density at radius 1 is 0.974 bits per heavy atom. The number of alkyl halides is 6. The van der Waals surface area contributed by atoms with Gasteiger partial charge in [0.05, 0.1) is 19.3 Å². The van der Waals surface area contributed by atoms with E-state index in [1.54, 1.807) is 7.11 Å². The van der Waals surface area contributed by atoms with Crippen LogP contribution >= 0.6 is 0 Å². The lowest BCUT2D eigenvalue weighted by molar-refractivity contribution is -0.193. The van der Waals surface area contributed by atoms with Crippen molar-refractivity contribution in [2.24, 2.45) is 0 Å². The fourth-order valence-corrected chi connectivity index (χ4v) is 3.92. The molecule has 2 atom stereocenters. The molecule has 0 radical (unpaired) electrons. The van der Waals surface area contributed by atoms with Gasteiger partial charge in [-0.1, -0.05) is 6.07 Å². The number of ether oxygens (including phenoxy) is 4. The van der Waals surface area contributed by atoms with Crippen LogP contribution in [0.3, 0.4) is 0 Å². The number of benzene rings is 1. The first kappa shape index (κ1) is 31.4. The van der Waals surface area contributed by atoms with Crippen LogP contribution in [0, 0.1) is 0 Å². The molecule has 2 saturated heterocycles. The van der Waals surface area contributed by atoms with Crippen LogP contribution in [0.25, 0.3) is 0 Å². The first-order chi connectivity index (χ1) is 17.7. The van der Waals surface area contributed by atoms with Gasteiger partial charge < -0.3 is 29.2 Å². The van der Waals surface area contributed by atoms with Crippen molar-refractivity contribution in [3.63, 3.8) is 0 Å². The molecule has 1 aromatic rings. The molecule has 0 aromatic heterocycles. The number of methoxy groups -OCH3 is 1. The molecule has 2 fully saturated rings. The first-order valence-electron chi connectivity index (χ1n) is 11.3. The van der Waals surface area contributed by atoms with Crippen molar-refractivity contribution < 1.29 is 65.1 Å². The maximum atomic E-state index is 10.6. The van der Waals surface area contributed by atoms with Crippen molar-refractivity contribution in [2.75, 3.05) is 53.3 Å². The number of hydrogen-bond acceptors (Lipinski definition) is 8. The van der Waals surface area contributed by atoms with Crippen molar-refractivity contribution >= 4 is 11.9 Å². The zero-order valence-electron chi connectivity index (χ0n) is 20.3. The fourth-order valence-electron chi connectivity index (χ4n) is 3.92. The minimum atomic E-state index is -5.08. The van der Waals surface area contributed by atoms with Crippen molar-refractivity contribution in [1.29, 1.82) is 0 Å². The summed E-state index contributed by atoms with van der Waals surface area (Å²) in [5.74, 6) is -3.78. The highest BCUT2D eigenvalue weighted by molar-refractivity contribution is 5.73. The topological polar surface area (TPSA) is 118 Å². The van der Waals surface area contributed by atoms with E-state index in [4.69, 9.17) is 38.7 Å². The molecule has 38 heavy (non-hydrogen) atoms. The summed E-state index contributed by atoms with van der Waals surface area (Å²) in [4.78, 5) is 22.9. The Bertz CT molecular complexity index is 906. The summed E-state index contributed by atoms with van der Waals surface area (Å²) in [6, 6.07) is 6.88. The maximum Gasteiger partial charge on any atom is 0.490 e. The van der Waals surface area contributed by atoms with Crippen LogP contribution in [0.4, 0.5) is 26.3 Å². The molecule has 2 N–H and O–H groups in total. The number of nitrogens with zero attached hydrogens (tertiary/aromatic N) is 2. The third-order valence-corrected chi connectivity index (χ3v) is 5.63. The van der Waals surface area contributed by atoms with Crippen molar-refractivity contribution in [2.45, 2.75) is 37.5 Å². The molecule has 0 amide bonds. The second kappa shape index (κ2) is 13.8. The first-order valence-corrected chi connectivity index (χ1v) is 11.3. The molecule has 3 aliphatic rings. The van der Waals surface area contributed by atoms with E-state index in [1.165, 1.54) is 5.56 Å². The molecule has 216 valence electrons. The average molecular weight is 562 g/mol. The van der Waals surface area contributed by atoms with Gasteiger partial charge in [-0.3, -0.25) is 9.80 Å². The highest BCUT2D eigenvalue weighted by atomic mass is 19.4. The Morgan fingerprint density at radius 2 is 1.58 bits per heavy atom. The largest absolute Gasteiger partial charge is 0.490 e. The van der Waals surface area contributed by atoms with Gasteiger partial charge in [-0.15, -0.1) is 0 Å². The average Bonchev–Trinajstić information content (AvgIpc) is 3.44. The van der Waals surface area contributed by atoms with Gasteiger partial charge in [0, 0.05) is 45.9 Å². The molecule has 3 heterocycles. The van der Waals surface area contributed by atoms with Crippen LogP contribution in [-0.4, -0.2) is 110 Å². The molecule has 0 aliphatic carbocycles. The smallest absolute Gasteiger partial charge is 0.475 e. The molecule has 3 aliphatic heterocycles.